The molecule has 0 bridgehead atoms. The summed E-state index contributed by atoms with van der Waals surface area (Å²) < 4.78 is 49.4. The van der Waals surface area contributed by atoms with E-state index in [-0.39, 0.29) is 18.7 Å². The fourth-order valence-electron chi connectivity index (χ4n) is 1.68. The largest absolute Gasteiger partial charge is 0.389 e. The lowest BCUT2D eigenvalue weighted by atomic mass is 10.00. The molecule has 0 aliphatic carbocycles. The van der Waals surface area contributed by atoms with E-state index >= 15 is 0 Å². The van der Waals surface area contributed by atoms with E-state index < -0.39 is 18.6 Å². The third kappa shape index (κ3) is 4.62. The lowest BCUT2D eigenvalue weighted by Gasteiger charge is -2.17. The van der Waals surface area contributed by atoms with E-state index in [9.17, 15) is 17.6 Å². The van der Waals surface area contributed by atoms with Gasteiger partial charge in [-0.15, -0.1) is 0 Å². The summed E-state index contributed by atoms with van der Waals surface area (Å²) in [5.74, 6) is 4.90. The van der Waals surface area contributed by atoms with Gasteiger partial charge in [-0.25, -0.2) is 4.39 Å². The molecule has 0 heterocycles. The quantitative estimate of drug-likeness (QED) is 0.486. The molecule has 2 nitrogen and oxygen atoms in total. The number of halogens is 4. The topological polar surface area (TPSA) is 38.0 Å². The van der Waals surface area contributed by atoms with Crippen LogP contribution in [0, 0.1) is 12.7 Å². The normalized spacial score (nSPS) is 13.7. The van der Waals surface area contributed by atoms with Crippen molar-refractivity contribution in [2.75, 3.05) is 0 Å². The molecule has 102 valence electrons. The molecule has 0 fully saturated rings. The highest BCUT2D eigenvalue weighted by molar-refractivity contribution is 5.25. The van der Waals surface area contributed by atoms with Gasteiger partial charge in [-0.3, -0.25) is 11.3 Å². The number of hydrogen-bond donors (Lipinski definition) is 2. The zero-order chi connectivity index (χ0) is 13.8. The highest BCUT2D eigenvalue weighted by atomic mass is 19.4. The van der Waals surface area contributed by atoms with Gasteiger partial charge >= 0.3 is 6.18 Å². The molecule has 1 atom stereocenters. The van der Waals surface area contributed by atoms with E-state index in [1.54, 1.807) is 19.1 Å². The molecule has 0 radical (unpaired) electrons. The van der Waals surface area contributed by atoms with Crippen LogP contribution in [0.2, 0.25) is 0 Å². The van der Waals surface area contributed by atoms with Crippen LogP contribution in [0.4, 0.5) is 17.6 Å². The smallest absolute Gasteiger partial charge is 0.271 e. The van der Waals surface area contributed by atoms with E-state index in [0.29, 0.717) is 11.1 Å². The first-order valence-electron chi connectivity index (χ1n) is 5.62. The van der Waals surface area contributed by atoms with E-state index in [0.717, 1.165) is 0 Å². The number of nitrogens with two attached hydrogens (primary N) is 1. The van der Waals surface area contributed by atoms with Crippen molar-refractivity contribution in [2.24, 2.45) is 5.84 Å². The molecule has 0 saturated heterocycles. The number of benzene rings is 1. The zero-order valence-corrected chi connectivity index (χ0v) is 10.0. The average Bonchev–Trinajstić information content (AvgIpc) is 2.27. The molecule has 0 amide bonds. The Bertz CT molecular complexity index is 390. The first-order valence-corrected chi connectivity index (χ1v) is 5.62. The summed E-state index contributed by atoms with van der Waals surface area (Å²) in [4.78, 5) is 0. The van der Waals surface area contributed by atoms with Gasteiger partial charge in [-0.05, 0) is 37.0 Å². The van der Waals surface area contributed by atoms with Crippen molar-refractivity contribution in [3.8, 4) is 0 Å². The minimum Gasteiger partial charge on any atom is -0.271 e. The van der Waals surface area contributed by atoms with Crippen LogP contribution in [-0.4, -0.2) is 6.18 Å². The molecule has 1 rings (SSSR count). The molecule has 0 spiro atoms. The number of aryl methyl sites for hydroxylation is 1. The lowest BCUT2D eigenvalue weighted by molar-refractivity contribution is -0.135. The molecule has 1 aromatic rings. The number of nitrogens with one attached hydrogen (secondary N) is 1. The first-order chi connectivity index (χ1) is 8.33. The van der Waals surface area contributed by atoms with Crippen molar-refractivity contribution < 1.29 is 17.6 Å². The summed E-state index contributed by atoms with van der Waals surface area (Å²) in [6.45, 7) is 1.62. The Hall–Kier alpha value is -1.14. The number of hydrogen-bond acceptors (Lipinski definition) is 2. The predicted octanol–water partition coefficient (Wildman–Crippen LogP) is 3.37. The Balaban J connectivity index is 2.63. The highest BCUT2D eigenvalue weighted by Crippen LogP contribution is 2.26. The summed E-state index contributed by atoms with van der Waals surface area (Å²) in [5.41, 5.74) is 3.47. The average molecular weight is 264 g/mol. The van der Waals surface area contributed by atoms with Gasteiger partial charge in [0.2, 0.25) is 0 Å². The summed E-state index contributed by atoms with van der Waals surface area (Å²) in [6.07, 6.45) is -4.87. The number of alkyl halides is 3. The molecule has 0 aliphatic rings. The molecule has 0 aliphatic heterocycles. The van der Waals surface area contributed by atoms with Gasteiger partial charge in [0.15, 0.2) is 0 Å². The van der Waals surface area contributed by atoms with Gasteiger partial charge in [-0.1, -0.05) is 12.1 Å². The fourth-order valence-corrected chi connectivity index (χ4v) is 1.68. The summed E-state index contributed by atoms with van der Waals surface area (Å²) >= 11 is 0. The van der Waals surface area contributed by atoms with E-state index in [2.05, 4.69) is 5.43 Å². The molecule has 18 heavy (non-hydrogen) atoms. The van der Waals surface area contributed by atoms with Crippen LogP contribution >= 0.6 is 0 Å². The second-order valence-corrected chi connectivity index (χ2v) is 4.24. The molecular weight excluding hydrogens is 248 g/mol. The maximum atomic E-state index is 13.3. The number of hydrazine groups is 1. The fraction of sp³-hybridized carbons (Fsp3) is 0.500. The maximum absolute atomic E-state index is 13.3. The third-order valence-corrected chi connectivity index (χ3v) is 2.75. The molecule has 6 heteroatoms. The van der Waals surface area contributed by atoms with Gasteiger partial charge in [-0.2, -0.15) is 13.2 Å². The third-order valence-electron chi connectivity index (χ3n) is 2.75. The van der Waals surface area contributed by atoms with Gasteiger partial charge in [0.05, 0.1) is 0 Å². The van der Waals surface area contributed by atoms with Crippen molar-refractivity contribution in [1.29, 1.82) is 0 Å². The van der Waals surface area contributed by atoms with Crippen molar-refractivity contribution >= 4 is 0 Å². The molecule has 1 aromatic carbocycles. The Kier molecular flexibility index (Phi) is 5.10. The molecular formula is C12H16F4N2. The van der Waals surface area contributed by atoms with Crippen molar-refractivity contribution in [1.82, 2.24) is 5.43 Å². The highest BCUT2D eigenvalue weighted by Gasteiger charge is 2.26. The van der Waals surface area contributed by atoms with Crippen LogP contribution in [0.25, 0.3) is 0 Å². The van der Waals surface area contributed by atoms with Crippen molar-refractivity contribution in [3.63, 3.8) is 0 Å². The Morgan fingerprint density at radius 3 is 2.50 bits per heavy atom. The van der Waals surface area contributed by atoms with E-state index in [1.807, 2.05) is 0 Å². The predicted molar refractivity (Wildman–Crippen MR) is 61.1 cm³/mol. The molecule has 1 unspecified atom stereocenters. The molecule has 0 saturated carbocycles. The Morgan fingerprint density at radius 2 is 2.00 bits per heavy atom. The Morgan fingerprint density at radius 1 is 1.33 bits per heavy atom. The van der Waals surface area contributed by atoms with Crippen LogP contribution in [-0.2, 0) is 0 Å². The molecule has 0 aromatic heterocycles. The lowest BCUT2D eigenvalue weighted by Crippen LogP contribution is -2.28. The van der Waals surface area contributed by atoms with Crippen molar-refractivity contribution in [3.05, 3.63) is 35.1 Å². The van der Waals surface area contributed by atoms with E-state index in [1.165, 1.54) is 6.07 Å². The second kappa shape index (κ2) is 6.15. The SMILES string of the molecule is Cc1ccc(C(CCCC(F)(F)F)NN)cc1F. The summed E-state index contributed by atoms with van der Waals surface area (Å²) in [7, 11) is 0. The van der Waals surface area contributed by atoms with Crippen LogP contribution in [0.1, 0.15) is 36.4 Å². The van der Waals surface area contributed by atoms with Gasteiger partial charge in [0.25, 0.3) is 0 Å². The maximum Gasteiger partial charge on any atom is 0.389 e. The van der Waals surface area contributed by atoms with Crippen LogP contribution in [0.5, 0.6) is 0 Å². The summed E-state index contributed by atoms with van der Waals surface area (Å²) in [5, 5.41) is 0. The number of rotatable bonds is 5. The monoisotopic (exact) mass is 264 g/mol. The minimum atomic E-state index is -4.17. The minimum absolute atomic E-state index is 0.0478. The zero-order valence-electron chi connectivity index (χ0n) is 10.0. The van der Waals surface area contributed by atoms with Gasteiger partial charge in [0.1, 0.15) is 5.82 Å². The Labute approximate surface area is 103 Å². The summed E-state index contributed by atoms with van der Waals surface area (Å²) in [6, 6.07) is 4.07. The van der Waals surface area contributed by atoms with Crippen LogP contribution in [0.3, 0.4) is 0 Å². The first kappa shape index (κ1) is 14.9. The molecule has 3 N–H and O–H groups in total. The van der Waals surface area contributed by atoms with E-state index in [4.69, 9.17) is 5.84 Å². The second-order valence-electron chi connectivity index (χ2n) is 4.24. The van der Waals surface area contributed by atoms with Crippen LogP contribution in [0.15, 0.2) is 18.2 Å². The van der Waals surface area contributed by atoms with Crippen molar-refractivity contribution in [2.45, 2.75) is 38.4 Å². The standard InChI is InChI=1S/C12H16F4N2/c1-8-4-5-9(7-10(8)13)11(18-17)3-2-6-12(14,15)16/h4-5,7,11,18H,2-3,6,17H2,1H3. The van der Waals surface area contributed by atoms with Gasteiger partial charge in [0, 0.05) is 12.5 Å². The van der Waals surface area contributed by atoms with Crippen LogP contribution < -0.4 is 11.3 Å². The van der Waals surface area contributed by atoms with Gasteiger partial charge < -0.3 is 0 Å².